The minimum Gasteiger partial charge on any atom is -0.497 e. The van der Waals surface area contributed by atoms with Crippen LogP contribution in [-0.2, 0) is 0 Å². The summed E-state index contributed by atoms with van der Waals surface area (Å²) in [6.45, 7) is 0. The van der Waals surface area contributed by atoms with Gasteiger partial charge in [-0.15, -0.1) is 0 Å². The molecule has 124 valence electrons. The molecule has 0 saturated carbocycles. The first-order valence-electron chi connectivity index (χ1n) is 7.80. The number of nitrogens with zero attached hydrogens (tertiary/aromatic N) is 2. The van der Waals surface area contributed by atoms with Gasteiger partial charge in [0.15, 0.2) is 0 Å². The fourth-order valence-electron chi connectivity index (χ4n) is 2.55. The molecule has 0 aliphatic carbocycles. The highest BCUT2D eigenvalue weighted by molar-refractivity contribution is 5.89. The average Bonchev–Trinajstić information content (AvgIpc) is 3.15. The fourth-order valence-corrected chi connectivity index (χ4v) is 2.55. The highest BCUT2D eigenvalue weighted by atomic mass is 16.5. The lowest BCUT2D eigenvalue weighted by molar-refractivity contribution is 0.408. The van der Waals surface area contributed by atoms with Gasteiger partial charge in [0.1, 0.15) is 23.1 Å². The highest BCUT2D eigenvalue weighted by Crippen LogP contribution is 2.32. The van der Waals surface area contributed by atoms with Crippen molar-refractivity contribution in [1.29, 1.82) is 0 Å². The van der Waals surface area contributed by atoms with Gasteiger partial charge in [0.25, 0.3) is 0 Å². The van der Waals surface area contributed by atoms with Crippen LogP contribution in [0.5, 0.6) is 17.4 Å². The Morgan fingerprint density at radius 2 is 1.84 bits per heavy atom. The van der Waals surface area contributed by atoms with Gasteiger partial charge < -0.3 is 14.8 Å². The van der Waals surface area contributed by atoms with Crippen LogP contribution in [0.4, 0.5) is 11.6 Å². The molecule has 0 aliphatic heterocycles. The molecule has 0 spiro atoms. The van der Waals surface area contributed by atoms with Crippen molar-refractivity contribution in [3.05, 3.63) is 66.9 Å². The van der Waals surface area contributed by atoms with Crippen molar-refractivity contribution in [3.63, 3.8) is 0 Å². The zero-order chi connectivity index (χ0) is 17.1. The first-order chi connectivity index (χ1) is 12.3. The minimum atomic E-state index is 0.522. The Hall–Kier alpha value is -3.54. The second kappa shape index (κ2) is 6.52. The molecular formula is C19H16N4O2. The number of aromatic nitrogens is 3. The van der Waals surface area contributed by atoms with E-state index in [1.165, 1.54) is 0 Å². The van der Waals surface area contributed by atoms with E-state index >= 15 is 0 Å². The van der Waals surface area contributed by atoms with Gasteiger partial charge in [0.2, 0.25) is 5.88 Å². The predicted molar refractivity (Wildman–Crippen MR) is 96.7 cm³/mol. The Morgan fingerprint density at radius 3 is 2.68 bits per heavy atom. The van der Waals surface area contributed by atoms with E-state index in [2.05, 4.69) is 20.5 Å². The monoisotopic (exact) mass is 332 g/mol. The number of nitrogens with one attached hydrogen (secondary N) is 2. The van der Waals surface area contributed by atoms with E-state index in [-0.39, 0.29) is 0 Å². The largest absolute Gasteiger partial charge is 0.497 e. The zero-order valence-electron chi connectivity index (χ0n) is 13.6. The third-order valence-corrected chi connectivity index (χ3v) is 3.72. The Kier molecular flexibility index (Phi) is 3.92. The van der Waals surface area contributed by atoms with Crippen LogP contribution >= 0.6 is 0 Å². The van der Waals surface area contributed by atoms with Gasteiger partial charge in [-0.1, -0.05) is 24.3 Å². The molecular weight excluding hydrogens is 316 g/mol. The van der Waals surface area contributed by atoms with E-state index in [9.17, 15) is 0 Å². The molecule has 2 aromatic heterocycles. The number of pyridine rings is 1. The molecule has 0 bridgehead atoms. The van der Waals surface area contributed by atoms with Crippen molar-refractivity contribution >= 4 is 22.4 Å². The molecule has 4 rings (SSSR count). The van der Waals surface area contributed by atoms with Crippen molar-refractivity contribution in [2.24, 2.45) is 0 Å². The van der Waals surface area contributed by atoms with Crippen molar-refractivity contribution in [2.75, 3.05) is 12.4 Å². The number of anilines is 2. The Bertz CT molecular complexity index is 999. The third kappa shape index (κ3) is 3.23. The molecule has 6 nitrogen and oxygen atoms in total. The first kappa shape index (κ1) is 15.0. The van der Waals surface area contributed by atoms with E-state index in [0.717, 1.165) is 22.3 Å². The molecule has 0 fully saturated rings. The van der Waals surface area contributed by atoms with E-state index in [4.69, 9.17) is 9.47 Å². The lowest BCUT2D eigenvalue weighted by Crippen LogP contribution is -1.97. The summed E-state index contributed by atoms with van der Waals surface area (Å²) < 4.78 is 11.3. The smallest absolute Gasteiger partial charge is 0.229 e. The van der Waals surface area contributed by atoms with Crippen LogP contribution in [-0.4, -0.2) is 22.3 Å². The summed E-state index contributed by atoms with van der Waals surface area (Å²) >= 11 is 0. The molecule has 0 saturated heterocycles. The fraction of sp³-hybridized carbons (Fsp3) is 0.0526. The van der Waals surface area contributed by atoms with E-state index in [0.29, 0.717) is 17.4 Å². The number of rotatable bonds is 5. The average molecular weight is 332 g/mol. The van der Waals surface area contributed by atoms with Gasteiger partial charge in [-0.25, -0.2) is 0 Å². The maximum atomic E-state index is 6.04. The van der Waals surface area contributed by atoms with Crippen LogP contribution in [0.25, 0.3) is 10.8 Å². The lowest BCUT2D eigenvalue weighted by atomic mass is 10.1. The molecule has 0 aliphatic rings. The maximum absolute atomic E-state index is 6.04. The van der Waals surface area contributed by atoms with Crippen LogP contribution in [0.15, 0.2) is 66.9 Å². The van der Waals surface area contributed by atoms with Gasteiger partial charge in [-0.05, 0) is 29.7 Å². The number of benzene rings is 2. The van der Waals surface area contributed by atoms with Gasteiger partial charge in [-0.2, -0.15) is 10.1 Å². The topological polar surface area (TPSA) is 72.1 Å². The molecule has 0 amide bonds. The number of aromatic amines is 1. The van der Waals surface area contributed by atoms with E-state index in [1.54, 1.807) is 13.3 Å². The van der Waals surface area contributed by atoms with Crippen molar-refractivity contribution < 1.29 is 9.47 Å². The summed E-state index contributed by atoms with van der Waals surface area (Å²) in [7, 11) is 1.63. The van der Waals surface area contributed by atoms with E-state index < -0.39 is 0 Å². The summed E-state index contributed by atoms with van der Waals surface area (Å²) in [5.74, 6) is 3.34. The van der Waals surface area contributed by atoms with Crippen molar-refractivity contribution in [2.45, 2.75) is 0 Å². The third-order valence-electron chi connectivity index (χ3n) is 3.72. The summed E-state index contributed by atoms with van der Waals surface area (Å²) in [6, 6.07) is 19.2. The number of hydrogen-bond donors (Lipinski definition) is 2. The first-order valence-corrected chi connectivity index (χ1v) is 7.80. The van der Waals surface area contributed by atoms with Gasteiger partial charge in [-0.3, -0.25) is 5.10 Å². The SMILES string of the molecule is COc1cccc(Oc2nc(Nc3ccn[nH]3)cc3ccccc23)c1. The summed E-state index contributed by atoms with van der Waals surface area (Å²) in [4.78, 5) is 4.60. The number of ether oxygens (including phenoxy) is 2. The van der Waals surface area contributed by atoms with Crippen LogP contribution in [0.1, 0.15) is 0 Å². The van der Waals surface area contributed by atoms with Crippen molar-refractivity contribution in [3.8, 4) is 17.4 Å². The normalized spacial score (nSPS) is 10.6. The number of methoxy groups -OCH3 is 1. The quantitative estimate of drug-likeness (QED) is 0.563. The summed E-state index contributed by atoms with van der Waals surface area (Å²) in [5, 5.41) is 11.9. The minimum absolute atomic E-state index is 0.522. The van der Waals surface area contributed by atoms with Crippen LogP contribution in [0, 0.1) is 0 Å². The molecule has 2 aromatic carbocycles. The number of hydrogen-bond acceptors (Lipinski definition) is 5. The second-order valence-corrected chi connectivity index (χ2v) is 5.41. The van der Waals surface area contributed by atoms with Crippen LogP contribution < -0.4 is 14.8 Å². The Labute approximate surface area is 144 Å². The van der Waals surface area contributed by atoms with Crippen LogP contribution in [0.2, 0.25) is 0 Å². The lowest BCUT2D eigenvalue weighted by Gasteiger charge is -2.12. The second-order valence-electron chi connectivity index (χ2n) is 5.41. The molecule has 4 aromatic rings. The van der Waals surface area contributed by atoms with Crippen LogP contribution in [0.3, 0.4) is 0 Å². The molecule has 6 heteroatoms. The summed E-state index contributed by atoms with van der Waals surface area (Å²) in [6.07, 6.45) is 1.68. The predicted octanol–water partition coefficient (Wildman–Crippen LogP) is 4.50. The Balaban J connectivity index is 1.75. The highest BCUT2D eigenvalue weighted by Gasteiger charge is 2.09. The standard InChI is InChI=1S/C19H16N4O2/c1-24-14-6-4-7-15(12-14)25-19-16-8-3-2-5-13(16)11-18(22-19)21-17-9-10-20-23-17/h2-12H,1H3,(H2,20,21,22,23). The van der Waals surface area contributed by atoms with Gasteiger partial charge >= 0.3 is 0 Å². The molecule has 0 unspecified atom stereocenters. The molecule has 0 radical (unpaired) electrons. The molecule has 0 atom stereocenters. The molecule has 2 heterocycles. The zero-order valence-corrected chi connectivity index (χ0v) is 13.6. The Morgan fingerprint density at radius 1 is 0.960 bits per heavy atom. The maximum Gasteiger partial charge on any atom is 0.229 e. The van der Waals surface area contributed by atoms with Gasteiger partial charge in [0, 0.05) is 17.5 Å². The summed E-state index contributed by atoms with van der Waals surface area (Å²) in [5.41, 5.74) is 0. The molecule has 25 heavy (non-hydrogen) atoms. The van der Waals surface area contributed by atoms with Crippen molar-refractivity contribution in [1.82, 2.24) is 15.2 Å². The van der Waals surface area contributed by atoms with Gasteiger partial charge in [0.05, 0.1) is 13.3 Å². The number of fused-ring (bicyclic) bond motifs is 1. The molecule has 2 N–H and O–H groups in total. The number of H-pyrrole nitrogens is 1. The van der Waals surface area contributed by atoms with E-state index in [1.807, 2.05) is 60.7 Å².